The molecule has 0 saturated carbocycles. The van der Waals surface area contributed by atoms with Crippen molar-refractivity contribution in [1.29, 1.82) is 0 Å². The molecule has 1 fully saturated rings. The van der Waals surface area contributed by atoms with Gasteiger partial charge in [-0.1, -0.05) is 20.8 Å². The van der Waals surface area contributed by atoms with Crippen LogP contribution in [-0.4, -0.2) is 25.7 Å². The van der Waals surface area contributed by atoms with Gasteiger partial charge in [-0.2, -0.15) is 0 Å². The maximum atomic E-state index is 3.66. The maximum absolute atomic E-state index is 3.66. The molecule has 14 heavy (non-hydrogen) atoms. The smallest absolute Gasteiger partial charge is 0.00363 e. The van der Waals surface area contributed by atoms with Crippen molar-refractivity contribution in [3.05, 3.63) is 0 Å². The monoisotopic (exact) mass is 198 g/mol. The van der Waals surface area contributed by atoms with Crippen molar-refractivity contribution in [3.8, 4) is 0 Å². The lowest BCUT2D eigenvalue weighted by Crippen LogP contribution is -2.43. The molecule has 0 spiro atoms. The molecule has 0 aromatic rings. The third kappa shape index (κ3) is 2.71. The zero-order valence-electron chi connectivity index (χ0n) is 10.2. The van der Waals surface area contributed by atoms with E-state index >= 15 is 0 Å². The summed E-state index contributed by atoms with van der Waals surface area (Å²) in [4.78, 5) is 0. The second-order valence-electron chi connectivity index (χ2n) is 5.13. The van der Waals surface area contributed by atoms with Crippen LogP contribution in [0.25, 0.3) is 0 Å². The maximum Gasteiger partial charge on any atom is 0.00363 e. The number of hydrogen-bond acceptors (Lipinski definition) is 2. The molecule has 0 amide bonds. The molecule has 0 bridgehead atoms. The minimum absolute atomic E-state index is 0.503. The van der Waals surface area contributed by atoms with Gasteiger partial charge in [-0.15, -0.1) is 0 Å². The lowest BCUT2D eigenvalue weighted by atomic mass is 9.76. The minimum Gasteiger partial charge on any atom is -0.316 e. The van der Waals surface area contributed by atoms with Crippen LogP contribution < -0.4 is 10.6 Å². The van der Waals surface area contributed by atoms with Crippen LogP contribution in [0.3, 0.4) is 0 Å². The van der Waals surface area contributed by atoms with Gasteiger partial charge in [-0.25, -0.2) is 0 Å². The van der Waals surface area contributed by atoms with Gasteiger partial charge in [0.2, 0.25) is 0 Å². The summed E-state index contributed by atoms with van der Waals surface area (Å²) in [5, 5.41) is 7.15. The molecule has 0 radical (unpaired) electrons. The number of rotatable bonds is 5. The zero-order valence-corrected chi connectivity index (χ0v) is 10.2. The summed E-state index contributed by atoms with van der Waals surface area (Å²) in [5.41, 5.74) is 0.503. The summed E-state index contributed by atoms with van der Waals surface area (Å²) in [5.74, 6) is 0.772. The van der Waals surface area contributed by atoms with E-state index < -0.39 is 0 Å². The predicted octanol–water partition coefficient (Wildman–Crippen LogP) is 2.01. The van der Waals surface area contributed by atoms with E-state index in [1.165, 1.54) is 32.5 Å². The molecule has 1 aliphatic heterocycles. The Kier molecular flexibility index (Phi) is 4.39. The molecule has 0 aromatic heterocycles. The third-order valence-electron chi connectivity index (χ3n) is 3.92. The fourth-order valence-electron chi connectivity index (χ4n) is 2.13. The highest BCUT2D eigenvalue weighted by Crippen LogP contribution is 2.33. The van der Waals surface area contributed by atoms with Crippen LogP contribution in [0.5, 0.6) is 0 Å². The van der Waals surface area contributed by atoms with Crippen LogP contribution in [0, 0.1) is 11.3 Å². The van der Waals surface area contributed by atoms with Gasteiger partial charge in [0.15, 0.2) is 0 Å². The fourth-order valence-corrected chi connectivity index (χ4v) is 2.13. The average Bonchev–Trinajstić information content (AvgIpc) is 2.64. The first-order chi connectivity index (χ1) is 6.60. The molecule has 1 aliphatic rings. The number of nitrogens with one attached hydrogen (secondary N) is 2. The molecule has 84 valence electrons. The van der Waals surface area contributed by atoms with E-state index in [0.717, 1.165) is 5.92 Å². The van der Waals surface area contributed by atoms with E-state index in [1.807, 2.05) is 0 Å². The summed E-state index contributed by atoms with van der Waals surface area (Å²) in [6.07, 6.45) is 2.55. The minimum atomic E-state index is 0.503. The normalized spacial score (nSPS) is 29.8. The molecule has 2 atom stereocenters. The molecular formula is C12H26N2. The quantitative estimate of drug-likeness (QED) is 0.706. The molecule has 2 unspecified atom stereocenters. The molecular weight excluding hydrogens is 172 g/mol. The Morgan fingerprint density at radius 3 is 2.50 bits per heavy atom. The molecule has 0 aromatic carbocycles. The van der Waals surface area contributed by atoms with Crippen LogP contribution >= 0.6 is 0 Å². The predicted molar refractivity (Wildman–Crippen MR) is 62.5 cm³/mol. The first-order valence-electron chi connectivity index (χ1n) is 6.05. The lowest BCUT2D eigenvalue weighted by Gasteiger charge is -2.34. The molecule has 2 heteroatoms. The Labute approximate surface area is 88.8 Å². The van der Waals surface area contributed by atoms with Gasteiger partial charge in [0.05, 0.1) is 0 Å². The van der Waals surface area contributed by atoms with E-state index in [0.29, 0.717) is 11.5 Å². The van der Waals surface area contributed by atoms with Crippen molar-refractivity contribution in [2.24, 2.45) is 11.3 Å². The summed E-state index contributed by atoms with van der Waals surface area (Å²) in [6.45, 7) is 12.8. The zero-order chi connectivity index (χ0) is 10.6. The van der Waals surface area contributed by atoms with Crippen molar-refractivity contribution >= 4 is 0 Å². The SMILES string of the molecule is CCC(C)NCC1(C(C)C)CCNC1. The van der Waals surface area contributed by atoms with Crippen molar-refractivity contribution in [2.75, 3.05) is 19.6 Å². The van der Waals surface area contributed by atoms with E-state index in [4.69, 9.17) is 0 Å². The fraction of sp³-hybridized carbons (Fsp3) is 1.00. The number of hydrogen-bond donors (Lipinski definition) is 2. The Hall–Kier alpha value is -0.0800. The van der Waals surface area contributed by atoms with E-state index in [1.54, 1.807) is 0 Å². The molecule has 1 heterocycles. The highest BCUT2D eigenvalue weighted by Gasteiger charge is 2.36. The Morgan fingerprint density at radius 1 is 1.36 bits per heavy atom. The van der Waals surface area contributed by atoms with Gasteiger partial charge >= 0.3 is 0 Å². The van der Waals surface area contributed by atoms with Crippen molar-refractivity contribution in [1.82, 2.24) is 10.6 Å². The highest BCUT2D eigenvalue weighted by molar-refractivity contribution is 4.92. The summed E-state index contributed by atoms with van der Waals surface area (Å²) in [7, 11) is 0. The Balaban J connectivity index is 2.44. The standard InChI is InChI=1S/C12H26N2/c1-5-11(4)14-9-12(10(2)3)6-7-13-8-12/h10-11,13-14H,5-9H2,1-4H3. The second-order valence-corrected chi connectivity index (χ2v) is 5.13. The van der Waals surface area contributed by atoms with Gasteiger partial charge in [-0.05, 0) is 37.6 Å². The van der Waals surface area contributed by atoms with Gasteiger partial charge in [-0.3, -0.25) is 0 Å². The summed E-state index contributed by atoms with van der Waals surface area (Å²) in [6, 6.07) is 0.659. The summed E-state index contributed by atoms with van der Waals surface area (Å²) < 4.78 is 0. The van der Waals surface area contributed by atoms with E-state index in [-0.39, 0.29) is 0 Å². The molecule has 1 rings (SSSR count). The van der Waals surface area contributed by atoms with Crippen molar-refractivity contribution < 1.29 is 0 Å². The largest absolute Gasteiger partial charge is 0.316 e. The van der Waals surface area contributed by atoms with Gasteiger partial charge in [0.1, 0.15) is 0 Å². The van der Waals surface area contributed by atoms with Crippen LogP contribution in [-0.2, 0) is 0 Å². The van der Waals surface area contributed by atoms with Crippen LogP contribution in [0.4, 0.5) is 0 Å². The van der Waals surface area contributed by atoms with Gasteiger partial charge in [0, 0.05) is 19.1 Å². The van der Waals surface area contributed by atoms with Crippen molar-refractivity contribution in [3.63, 3.8) is 0 Å². The topological polar surface area (TPSA) is 24.1 Å². The van der Waals surface area contributed by atoms with Crippen molar-refractivity contribution in [2.45, 2.75) is 46.6 Å². The van der Waals surface area contributed by atoms with Gasteiger partial charge < -0.3 is 10.6 Å². The van der Waals surface area contributed by atoms with Gasteiger partial charge in [0.25, 0.3) is 0 Å². The molecule has 2 N–H and O–H groups in total. The average molecular weight is 198 g/mol. The first-order valence-corrected chi connectivity index (χ1v) is 6.05. The summed E-state index contributed by atoms with van der Waals surface area (Å²) >= 11 is 0. The molecule has 2 nitrogen and oxygen atoms in total. The van der Waals surface area contributed by atoms with Crippen LogP contribution in [0.1, 0.15) is 40.5 Å². The van der Waals surface area contributed by atoms with Crippen LogP contribution in [0.15, 0.2) is 0 Å². The Bertz CT molecular complexity index is 160. The van der Waals surface area contributed by atoms with E-state index in [2.05, 4.69) is 38.3 Å². The lowest BCUT2D eigenvalue weighted by molar-refractivity contribution is 0.201. The molecule has 1 saturated heterocycles. The van der Waals surface area contributed by atoms with Crippen LogP contribution in [0.2, 0.25) is 0 Å². The van der Waals surface area contributed by atoms with E-state index in [9.17, 15) is 0 Å². The Morgan fingerprint density at radius 2 is 2.07 bits per heavy atom. The first kappa shape index (κ1) is 12.0. The second kappa shape index (κ2) is 5.13. The third-order valence-corrected chi connectivity index (χ3v) is 3.92. The highest BCUT2D eigenvalue weighted by atomic mass is 15.0. The molecule has 0 aliphatic carbocycles.